The van der Waals surface area contributed by atoms with Gasteiger partial charge in [-0.2, -0.15) is 0 Å². The Morgan fingerprint density at radius 2 is 2.00 bits per heavy atom. The van der Waals surface area contributed by atoms with Crippen LogP contribution in [0.1, 0.15) is 12.0 Å². The summed E-state index contributed by atoms with van der Waals surface area (Å²) in [6, 6.07) is 6.71. The molecule has 0 aliphatic rings. The second kappa shape index (κ2) is 5.41. The maximum Gasteiger partial charge on any atom is 0.341 e. The Morgan fingerprint density at radius 1 is 1.36 bits per heavy atom. The van der Waals surface area contributed by atoms with Gasteiger partial charge in [-0.05, 0) is 24.1 Å². The summed E-state index contributed by atoms with van der Waals surface area (Å²) >= 11 is 0. The largest absolute Gasteiger partial charge is 0.508 e. The molecule has 4 nitrogen and oxygen atoms in total. The Bertz CT molecular complexity index is 296. The highest BCUT2D eigenvalue weighted by molar-refractivity contribution is 5.97. The minimum absolute atomic E-state index is 0.221. The van der Waals surface area contributed by atoms with E-state index < -0.39 is 0 Å². The van der Waals surface area contributed by atoms with Gasteiger partial charge in [0.25, 0.3) is 0 Å². The van der Waals surface area contributed by atoms with Gasteiger partial charge >= 0.3 is 5.97 Å². The van der Waals surface area contributed by atoms with Crippen molar-refractivity contribution in [2.75, 3.05) is 0 Å². The number of hydrogen-bond acceptors (Lipinski definition) is 4. The molecule has 0 aromatic heterocycles. The minimum Gasteiger partial charge on any atom is -0.508 e. The Hall–Kier alpha value is -1.33. The van der Waals surface area contributed by atoms with Gasteiger partial charge in [0.2, 0.25) is 10.5 Å². The third-order valence-electron chi connectivity index (χ3n) is 1.73. The number of aryl methyl sites for hydroxylation is 1. The number of aromatic hydroxyl groups is 1. The van der Waals surface area contributed by atoms with Gasteiger partial charge in [0.15, 0.2) is 0 Å². The zero-order valence-electron chi connectivity index (χ0n) is 7.90. The van der Waals surface area contributed by atoms with E-state index in [-0.39, 0.29) is 18.1 Å². The lowest BCUT2D eigenvalue weighted by molar-refractivity contribution is -0.212. The van der Waals surface area contributed by atoms with Crippen LogP contribution in [0.4, 0.5) is 0 Å². The molecule has 14 heavy (non-hydrogen) atoms. The van der Waals surface area contributed by atoms with Crippen molar-refractivity contribution in [1.82, 2.24) is 0 Å². The van der Waals surface area contributed by atoms with Crippen molar-refractivity contribution in [2.45, 2.75) is 12.8 Å². The number of hydrogen-bond donors (Lipinski definition) is 1. The topological polar surface area (TPSA) is 55.8 Å². The summed E-state index contributed by atoms with van der Waals surface area (Å²) in [5.74, 6) is -0.146. The smallest absolute Gasteiger partial charge is 0.341 e. The summed E-state index contributed by atoms with van der Waals surface area (Å²) in [7, 11) is 0.387. The molecule has 0 unspecified atom stereocenters. The quantitative estimate of drug-likeness (QED) is 0.436. The molecule has 0 aliphatic carbocycles. The normalized spacial score (nSPS) is 10.0. The van der Waals surface area contributed by atoms with Gasteiger partial charge < -0.3 is 9.99 Å². The molecule has 0 spiro atoms. The van der Waals surface area contributed by atoms with Crippen LogP contribution < -0.4 is 0 Å². The third kappa shape index (κ3) is 3.59. The van der Waals surface area contributed by atoms with E-state index in [1.165, 1.54) is 0 Å². The molecule has 0 saturated heterocycles. The van der Waals surface area contributed by atoms with Gasteiger partial charge in [-0.25, -0.2) is 4.79 Å². The van der Waals surface area contributed by atoms with Crippen LogP contribution in [0.3, 0.4) is 0 Å². The molecular formula is C9H12O4Si. The van der Waals surface area contributed by atoms with E-state index in [2.05, 4.69) is 9.46 Å². The predicted molar refractivity (Wildman–Crippen MR) is 53.5 cm³/mol. The lowest BCUT2D eigenvalue weighted by atomic mass is 10.1. The van der Waals surface area contributed by atoms with Crippen molar-refractivity contribution in [1.29, 1.82) is 0 Å². The van der Waals surface area contributed by atoms with Gasteiger partial charge in [-0.15, -0.1) is 0 Å². The first-order valence-electron chi connectivity index (χ1n) is 4.24. The Balaban J connectivity index is 2.38. The molecule has 1 rings (SSSR count). The van der Waals surface area contributed by atoms with Gasteiger partial charge in [0.05, 0.1) is 6.42 Å². The van der Waals surface area contributed by atoms with Crippen LogP contribution in [-0.2, 0) is 20.7 Å². The van der Waals surface area contributed by atoms with Crippen LogP contribution in [0.15, 0.2) is 24.3 Å². The maximum absolute atomic E-state index is 10.9. The summed E-state index contributed by atoms with van der Waals surface area (Å²) < 4.78 is 4.36. The van der Waals surface area contributed by atoms with E-state index in [1.807, 2.05) is 0 Å². The van der Waals surface area contributed by atoms with Crippen molar-refractivity contribution >= 4 is 16.5 Å². The van der Waals surface area contributed by atoms with E-state index in [0.717, 1.165) is 5.56 Å². The van der Waals surface area contributed by atoms with E-state index in [1.54, 1.807) is 24.3 Å². The van der Waals surface area contributed by atoms with Crippen molar-refractivity contribution in [3.05, 3.63) is 29.8 Å². The molecule has 0 saturated carbocycles. The zero-order chi connectivity index (χ0) is 10.4. The monoisotopic (exact) mass is 212 g/mol. The van der Waals surface area contributed by atoms with E-state index in [4.69, 9.17) is 5.11 Å². The summed E-state index contributed by atoms with van der Waals surface area (Å²) in [6.45, 7) is 0. The molecule has 1 N–H and O–H groups in total. The van der Waals surface area contributed by atoms with Crippen LogP contribution in [0.25, 0.3) is 0 Å². The Kier molecular flexibility index (Phi) is 4.15. The van der Waals surface area contributed by atoms with Crippen LogP contribution >= 0.6 is 0 Å². The standard InChI is InChI=1S/C9H12O4Si/c10-8-4-1-7(2-5-8)3-6-9(11)12-13-14/h1-2,4-5,10H,3,6H2,14H3. The van der Waals surface area contributed by atoms with Crippen molar-refractivity contribution in [3.8, 4) is 5.75 Å². The van der Waals surface area contributed by atoms with Gasteiger partial charge in [-0.1, -0.05) is 12.1 Å². The average molecular weight is 212 g/mol. The highest BCUT2D eigenvalue weighted by atomic mass is 28.2. The number of phenols is 1. The number of phenolic OH excluding ortho intramolecular Hbond substituents is 1. The van der Waals surface area contributed by atoms with E-state index in [9.17, 15) is 4.79 Å². The highest BCUT2D eigenvalue weighted by Crippen LogP contribution is 2.11. The van der Waals surface area contributed by atoms with Crippen LogP contribution in [0.2, 0.25) is 0 Å². The van der Waals surface area contributed by atoms with Crippen LogP contribution in [0.5, 0.6) is 5.75 Å². The van der Waals surface area contributed by atoms with E-state index >= 15 is 0 Å². The lowest BCUT2D eigenvalue weighted by Crippen LogP contribution is -2.05. The fourth-order valence-corrected chi connectivity index (χ4v) is 1.23. The first-order valence-corrected chi connectivity index (χ1v) is 5.05. The molecule has 1 aromatic rings. The SMILES string of the molecule is O=C(CCc1ccc(O)cc1)OO[SiH3]. The molecule has 0 atom stereocenters. The highest BCUT2D eigenvalue weighted by Gasteiger charge is 2.03. The number of rotatable bonds is 4. The predicted octanol–water partition coefficient (Wildman–Crippen LogP) is 0.0800. The molecule has 0 heterocycles. The first-order chi connectivity index (χ1) is 6.72. The summed E-state index contributed by atoms with van der Waals surface area (Å²) in [5.41, 5.74) is 0.980. The fourth-order valence-electron chi connectivity index (χ4n) is 1.04. The van der Waals surface area contributed by atoms with Crippen molar-refractivity contribution in [3.63, 3.8) is 0 Å². The third-order valence-corrected chi connectivity index (χ3v) is 1.90. The minimum atomic E-state index is -0.368. The van der Waals surface area contributed by atoms with Crippen LogP contribution in [0, 0.1) is 0 Å². The summed E-state index contributed by atoms with van der Waals surface area (Å²) in [6.07, 6.45) is 0.872. The van der Waals surface area contributed by atoms with Gasteiger partial charge in [0, 0.05) is 0 Å². The molecule has 0 radical (unpaired) electrons. The molecule has 5 heteroatoms. The average Bonchev–Trinajstić information content (AvgIpc) is 2.17. The van der Waals surface area contributed by atoms with E-state index in [0.29, 0.717) is 16.9 Å². The van der Waals surface area contributed by atoms with Crippen molar-refractivity contribution < 1.29 is 19.4 Å². The van der Waals surface area contributed by atoms with Crippen LogP contribution in [-0.4, -0.2) is 21.6 Å². The summed E-state index contributed by atoms with van der Waals surface area (Å²) in [4.78, 5) is 15.3. The Labute approximate surface area is 84.9 Å². The molecule has 0 bridgehead atoms. The zero-order valence-corrected chi connectivity index (χ0v) is 9.90. The van der Waals surface area contributed by atoms with Gasteiger partial charge in [-0.3, -0.25) is 4.58 Å². The molecule has 0 fully saturated rings. The van der Waals surface area contributed by atoms with Crippen molar-refractivity contribution in [2.24, 2.45) is 0 Å². The molecule has 1 aromatic carbocycles. The fraction of sp³-hybridized carbons (Fsp3) is 0.222. The number of benzene rings is 1. The molecular weight excluding hydrogens is 200 g/mol. The van der Waals surface area contributed by atoms with Gasteiger partial charge in [0.1, 0.15) is 5.75 Å². The molecule has 76 valence electrons. The lowest BCUT2D eigenvalue weighted by Gasteiger charge is -2.01. The second-order valence-electron chi connectivity index (χ2n) is 2.79. The number of carbonyl (C=O) groups excluding carboxylic acids is 1. The maximum atomic E-state index is 10.9. The Morgan fingerprint density at radius 3 is 2.57 bits per heavy atom. The number of carbonyl (C=O) groups is 1. The first kappa shape index (κ1) is 10.7. The molecule has 0 amide bonds. The second-order valence-corrected chi connectivity index (χ2v) is 3.12. The molecule has 0 aliphatic heterocycles. The summed E-state index contributed by atoms with van der Waals surface area (Å²) in [5, 5.41) is 9.01.